The first-order valence-corrected chi connectivity index (χ1v) is 50.4. The van der Waals surface area contributed by atoms with Gasteiger partial charge in [-0.3, -0.25) is 86.9 Å². The highest BCUT2D eigenvalue weighted by atomic mass is 16.2. The van der Waals surface area contributed by atoms with Gasteiger partial charge in [0.25, 0.3) is 0 Å². The lowest BCUT2D eigenvalue weighted by Crippen LogP contribution is -2.61. The Bertz CT molecular complexity index is 3610. The van der Waals surface area contributed by atoms with Crippen LogP contribution in [0.4, 0.5) is 0 Å². The Morgan fingerprint density at radius 3 is 0.635 bits per heavy atom. The molecule has 0 aromatic heterocycles. The van der Waals surface area contributed by atoms with Crippen molar-refractivity contribution in [2.75, 3.05) is 52.4 Å². The van der Waals surface area contributed by atoms with E-state index in [2.05, 4.69) is 90.5 Å². The van der Waals surface area contributed by atoms with Crippen molar-refractivity contribution in [1.29, 1.82) is 0 Å². The van der Waals surface area contributed by atoms with Crippen molar-refractivity contribution >= 4 is 100 Å². The second kappa shape index (κ2) is 72.9. The second-order valence-corrected chi connectivity index (χ2v) is 39.8. The predicted molar refractivity (Wildman–Crippen MR) is 531 cm³/mol. The van der Waals surface area contributed by atoms with Crippen molar-refractivity contribution in [2.24, 2.45) is 93.3 Å². The van der Waals surface area contributed by atoms with Gasteiger partial charge in [0.1, 0.15) is 84.6 Å². The fraction of sp³-hybridized carbons (Fsp3) is 0.821. The number of rotatable bonds is 77. The van der Waals surface area contributed by atoms with Crippen LogP contribution in [0.5, 0.6) is 0 Å². The highest BCUT2D eigenvalue weighted by Crippen LogP contribution is 2.19. The Balaban J connectivity index is 7.25. The molecule has 0 rings (SSSR count). The SMILES string of the molecule is CC(C)C[C@H](NC(=O)[C@H](C)NC(=O)[C@H](CC(C)C)NC(=O)[C@H](CC(C)C)NC(=O)[C@H](CCCCN)NC(=O)[C@H](CCCCN)NC(=O)[C@H](CC(C)C)NC(=O)[C@H](CC(C)C)NC(=O)[C@H](CCCCN)NC(=O)[C@H](CC(C)C)NC(=O)[C@H](CC(C)C)NC(=O)[C@H](CCCCN)NC(=O)[C@H](CCCCN)NC(=O)[C@@H](N)CC(C)C)C(=O)N[C@@H](CCCCN)C(=O)NCC(=O)NCCCCCC(=O)NN. The molecule has 42 heteroatoms. The van der Waals surface area contributed by atoms with Crippen molar-refractivity contribution in [1.82, 2.24) is 90.5 Å². The van der Waals surface area contributed by atoms with Crippen LogP contribution in [-0.4, -0.2) is 243 Å². The van der Waals surface area contributed by atoms with E-state index in [1.165, 1.54) is 6.92 Å². The van der Waals surface area contributed by atoms with Crippen LogP contribution in [0.15, 0.2) is 0 Å². The molecule has 0 aromatic carbocycles. The number of hydrogen-bond acceptors (Lipinski definition) is 25. The summed E-state index contributed by atoms with van der Waals surface area (Å²) < 4.78 is 0. The third-order valence-corrected chi connectivity index (χ3v) is 22.7. The lowest BCUT2D eigenvalue weighted by molar-refractivity contribution is -0.137. The maximum atomic E-state index is 14.9. The Labute approximate surface area is 815 Å². The highest BCUT2D eigenvalue weighted by molar-refractivity contribution is 6.01. The second-order valence-electron chi connectivity index (χ2n) is 39.8. The monoisotopic (exact) mass is 1950 g/mol. The zero-order valence-electron chi connectivity index (χ0n) is 85.7. The number of carbonyl (C=O) groups is 17. The first-order valence-electron chi connectivity index (χ1n) is 50.4. The Hall–Kier alpha value is -9.33. The molecule has 0 fully saturated rings. The third kappa shape index (κ3) is 57.7. The van der Waals surface area contributed by atoms with Crippen LogP contribution in [0.3, 0.4) is 0 Å². The average Bonchev–Trinajstić information content (AvgIpc) is 0.859. The minimum atomic E-state index is -1.34. The van der Waals surface area contributed by atoms with E-state index in [4.69, 9.17) is 46.0 Å². The van der Waals surface area contributed by atoms with E-state index in [1.54, 1.807) is 0 Å². The van der Waals surface area contributed by atoms with Gasteiger partial charge in [-0.2, -0.15) is 0 Å². The summed E-state index contributed by atoms with van der Waals surface area (Å²) >= 11 is 0. The number of hydrazine groups is 1. The topological polar surface area (TPSA) is 703 Å². The van der Waals surface area contributed by atoms with Crippen LogP contribution in [-0.2, 0) is 81.5 Å². The lowest BCUT2D eigenvalue weighted by Gasteiger charge is -2.30. The molecule has 0 unspecified atom stereocenters. The molecule has 0 spiro atoms. The normalized spacial score (nSPS) is 14.8. The molecule has 0 aliphatic heterocycles. The summed E-state index contributed by atoms with van der Waals surface area (Å²) in [5.41, 5.74) is 43.5. The first-order chi connectivity index (χ1) is 64.6. The van der Waals surface area contributed by atoms with Gasteiger partial charge in [0.15, 0.2) is 0 Å². The summed E-state index contributed by atoms with van der Waals surface area (Å²) in [7, 11) is 0. The number of hydrogen-bond donors (Lipinski definition) is 25. The van der Waals surface area contributed by atoms with Crippen molar-refractivity contribution in [3.8, 4) is 0 Å². The zero-order chi connectivity index (χ0) is 104. The minimum absolute atomic E-state index is 0.0128. The van der Waals surface area contributed by atoms with Gasteiger partial charge in [-0.25, -0.2) is 5.84 Å². The van der Waals surface area contributed by atoms with Crippen LogP contribution in [0.25, 0.3) is 0 Å². The molecule has 0 heterocycles. The van der Waals surface area contributed by atoms with Crippen molar-refractivity contribution < 1.29 is 81.5 Å². The van der Waals surface area contributed by atoms with E-state index in [9.17, 15) is 81.5 Å². The van der Waals surface area contributed by atoms with Gasteiger partial charge >= 0.3 is 0 Å². The van der Waals surface area contributed by atoms with E-state index < -0.39 is 192 Å². The molecule has 42 nitrogen and oxygen atoms in total. The van der Waals surface area contributed by atoms with E-state index in [0.717, 1.165) is 0 Å². The summed E-state index contributed by atoms with van der Waals surface area (Å²) in [5, 5.41) is 44.5. The molecule has 0 saturated carbocycles. The molecule has 137 heavy (non-hydrogen) atoms. The molecule has 790 valence electrons. The number of unbranched alkanes of at least 4 members (excludes halogenated alkanes) is 8. The number of amides is 17. The number of carbonyl (C=O) groups excluding carboxylic acids is 17. The molecular formula is C95H183N25O17. The van der Waals surface area contributed by atoms with Crippen LogP contribution >= 0.6 is 0 Å². The molecule has 17 amide bonds. The molecule has 0 saturated heterocycles. The van der Waals surface area contributed by atoms with Gasteiger partial charge in [-0.05, 0) is 273 Å². The maximum absolute atomic E-state index is 14.9. The molecular weight excluding hydrogens is 1760 g/mol. The minimum Gasteiger partial charge on any atom is -0.355 e. The summed E-state index contributed by atoms with van der Waals surface area (Å²) in [6.07, 6.45) is 8.56. The quantitative estimate of drug-likeness (QED) is 0.0165. The average molecular weight is 1950 g/mol. The van der Waals surface area contributed by atoms with Crippen LogP contribution < -0.4 is 136 Å². The smallest absolute Gasteiger partial charge is 0.243 e. The molecule has 0 bridgehead atoms. The predicted octanol–water partition coefficient (Wildman–Crippen LogP) is 0.0463. The fourth-order valence-electron chi connectivity index (χ4n) is 15.3. The van der Waals surface area contributed by atoms with Crippen molar-refractivity contribution in [2.45, 2.75) is 401 Å². The number of nitrogens with one attached hydrogen (secondary N) is 17. The molecule has 33 N–H and O–H groups in total. The Morgan fingerprint density at radius 1 is 0.204 bits per heavy atom. The van der Waals surface area contributed by atoms with Crippen LogP contribution in [0, 0.1) is 47.3 Å². The zero-order valence-corrected chi connectivity index (χ0v) is 85.7. The van der Waals surface area contributed by atoms with Gasteiger partial charge in [0.05, 0.1) is 12.6 Å². The lowest BCUT2D eigenvalue weighted by atomic mass is 9.98. The molecule has 15 atom stereocenters. The third-order valence-electron chi connectivity index (χ3n) is 22.7. The Morgan fingerprint density at radius 2 is 0.409 bits per heavy atom. The van der Waals surface area contributed by atoms with Gasteiger partial charge in [-0.1, -0.05) is 117 Å². The molecule has 0 radical (unpaired) electrons. The summed E-state index contributed by atoms with van der Waals surface area (Å²) in [6.45, 7) is 32.3. The molecule has 0 aliphatic carbocycles. The van der Waals surface area contributed by atoms with E-state index >= 15 is 0 Å². The van der Waals surface area contributed by atoms with Crippen LogP contribution in [0.2, 0.25) is 0 Å². The Kier molecular flexibility index (Phi) is 67.9. The van der Waals surface area contributed by atoms with Gasteiger partial charge < -0.3 is 125 Å². The van der Waals surface area contributed by atoms with Gasteiger partial charge in [0.2, 0.25) is 100 Å². The molecule has 0 aromatic rings. The summed E-state index contributed by atoms with van der Waals surface area (Å²) in [6, 6.07) is -18.5. The molecule has 0 aliphatic rings. The standard InChI is InChI=1S/C95H183N25O17/c1-56(2)47-65(102)82(124)107-67(34-21-27-41-97)84(126)109-69(36-23-29-43-99)86(128)115-77(53-62(13)14)94(136)119-75(51-60(9)10)92(134)112-71(38-25-31-45-101)88(130)116-78(54-63(15)16)95(137)118-74(50-59(7)8)91(133)111-68(35-22-28-42-98)85(127)110-70(37-24-30-44-100)87(129)114-76(52-61(11)12)93(135)117-72(48-57(3)4)89(131)106-64(17)81(123)113-73(49-58(5)6)90(132)108-66(33-20-26-40-96)83(125)105-55-80(122)104-46-32-18-19-39-79(121)120-103/h56-78H,18-55,96-103H2,1-17H3,(H,104,122)(H,105,125)(H,106,131)(H,107,124)(H,108,132)(H,109,126)(H,110,127)(H,111,133)(H,112,134)(H,113,123)(H,114,129)(H,115,128)(H,116,130)(H,117,135)(H,118,137)(H,119,136)(H,120,121)/t64-,65-,66-,67-,68-,69-,70-,71-,72-,73-,74-,75-,76-,77-,78-/m0/s1. The number of nitrogens with two attached hydrogens (primary N) is 8. The van der Waals surface area contributed by atoms with Crippen LogP contribution in [0.1, 0.15) is 310 Å². The van der Waals surface area contributed by atoms with E-state index in [-0.39, 0.29) is 163 Å². The van der Waals surface area contributed by atoms with Gasteiger partial charge in [0, 0.05) is 13.0 Å². The van der Waals surface area contributed by atoms with Gasteiger partial charge in [-0.15, -0.1) is 0 Å². The van der Waals surface area contributed by atoms with Crippen molar-refractivity contribution in [3.05, 3.63) is 0 Å². The largest absolute Gasteiger partial charge is 0.355 e. The summed E-state index contributed by atoms with van der Waals surface area (Å²) in [5.74, 6) is -7.93. The van der Waals surface area contributed by atoms with E-state index in [0.29, 0.717) is 129 Å². The highest BCUT2D eigenvalue weighted by Gasteiger charge is 2.40. The van der Waals surface area contributed by atoms with E-state index in [1.807, 2.05) is 111 Å². The first kappa shape index (κ1) is 128. The maximum Gasteiger partial charge on any atom is 0.243 e. The van der Waals surface area contributed by atoms with Crippen molar-refractivity contribution in [3.63, 3.8) is 0 Å². The fourth-order valence-corrected chi connectivity index (χ4v) is 15.3. The summed E-state index contributed by atoms with van der Waals surface area (Å²) in [4.78, 5) is 241.